The first-order valence-electron chi connectivity index (χ1n) is 7.81. The van der Waals surface area contributed by atoms with Crippen LogP contribution in [0.3, 0.4) is 0 Å². The molecule has 0 spiro atoms. The van der Waals surface area contributed by atoms with E-state index in [4.69, 9.17) is 0 Å². The number of carbonyl (C=O) groups excluding carboxylic acids is 1. The van der Waals surface area contributed by atoms with Gasteiger partial charge in [0.15, 0.2) is 0 Å². The topological polar surface area (TPSA) is 29.1 Å². The highest BCUT2D eigenvalue weighted by molar-refractivity contribution is 5.78. The summed E-state index contributed by atoms with van der Waals surface area (Å²) in [6, 6.07) is 3.58. The molecule has 1 unspecified atom stereocenters. The Morgan fingerprint density at radius 3 is 2.33 bits per heavy atom. The fourth-order valence-corrected chi connectivity index (χ4v) is 2.99. The summed E-state index contributed by atoms with van der Waals surface area (Å²) >= 11 is 0. The van der Waals surface area contributed by atoms with Gasteiger partial charge in [-0.15, -0.1) is 0 Å². The van der Waals surface area contributed by atoms with Crippen molar-refractivity contribution in [3.8, 4) is 0 Å². The quantitative estimate of drug-likeness (QED) is 0.836. The van der Waals surface area contributed by atoms with Crippen LogP contribution in [0.2, 0.25) is 0 Å². The molecule has 1 atom stereocenters. The zero-order chi connectivity index (χ0) is 15.2. The molecule has 1 aromatic rings. The largest absolute Gasteiger partial charge is 0.353 e. The predicted molar refractivity (Wildman–Crippen MR) is 78.9 cm³/mol. The van der Waals surface area contributed by atoms with E-state index in [9.17, 15) is 13.6 Å². The van der Waals surface area contributed by atoms with E-state index in [0.717, 1.165) is 25.7 Å². The van der Waals surface area contributed by atoms with E-state index in [-0.39, 0.29) is 29.9 Å². The summed E-state index contributed by atoms with van der Waals surface area (Å²) in [7, 11) is 0. The molecule has 1 N–H and O–H groups in total. The van der Waals surface area contributed by atoms with Crippen LogP contribution in [-0.4, -0.2) is 11.9 Å². The Kier molecular flexibility index (Phi) is 5.71. The lowest BCUT2D eigenvalue weighted by Crippen LogP contribution is -2.38. The third kappa shape index (κ3) is 4.51. The molecule has 1 aliphatic carbocycles. The Hall–Kier alpha value is -1.45. The zero-order valence-corrected chi connectivity index (χ0v) is 12.5. The second-order valence-corrected chi connectivity index (χ2v) is 6.00. The highest BCUT2D eigenvalue weighted by atomic mass is 19.1. The molecule has 1 fully saturated rings. The summed E-state index contributed by atoms with van der Waals surface area (Å²) in [5.41, 5.74) is 0.0474. The first-order chi connectivity index (χ1) is 10.1. The molecule has 116 valence electrons. The minimum Gasteiger partial charge on any atom is -0.353 e. The first-order valence-corrected chi connectivity index (χ1v) is 7.81. The summed E-state index contributed by atoms with van der Waals surface area (Å²) in [6.07, 6.45) is 6.60. The van der Waals surface area contributed by atoms with Crippen LogP contribution in [0.4, 0.5) is 8.78 Å². The van der Waals surface area contributed by atoms with Gasteiger partial charge in [-0.25, -0.2) is 8.78 Å². The van der Waals surface area contributed by atoms with Crippen LogP contribution in [0.1, 0.15) is 51.0 Å². The van der Waals surface area contributed by atoms with Gasteiger partial charge in [0.05, 0.1) is 0 Å². The molecule has 2 nitrogen and oxygen atoms in total. The number of benzene rings is 1. The molecule has 2 rings (SSSR count). The molecule has 0 radical (unpaired) electrons. The standard InChI is InChI=1S/C17H23F2NO/c1-12(11-14-15(18)9-6-10-16(14)19)20-17(21)13-7-4-2-3-5-8-13/h6,9-10,12-13H,2-5,7-8,11H2,1H3,(H,20,21). The van der Waals surface area contributed by atoms with Gasteiger partial charge < -0.3 is 5.32 Å². The van der Waals surface area contributed by atoms with Crippen LogP contribution in [0.25, 0.3) is 0 Å². The van der Waals surface area contributed by atoms with Crippen LogP contribution in [-0.2, 0) is 11.2 Å². The summed E-state index contributed by atoms with van der Waals surface area (Å²) < 4.78 is 27.2. The van der Waals surface area contributed by atoms with Crippen molar-refractivity contribution in [2.45, 2.75) is 57.9 Å². The number of carbonyl (C=O) groups is 1. The molecule has 4 heteroatoms. The molecule has 1 saturated carbocycles. The Labute approximate surface area is 124 Å². The Bertz CT molecular complexity index is 461. The monoisotopic (exact) mass is 295 g/mol. The molecule has 1 aromatic carbocycles. The van der Waals surface area contributed by atoms with Crippen molar-refractivity contribution < 1.29 is 13.6 Å². The van der Waals surface area contributed by atoms with Gasteiger partial charge >= 0.3 is 0 Å². The summed E-state index contributed by atoms with van der Waals surface area (Å²) in [5.74, 6) is -1.02. The highest BCUT2D eigenvalue weighted by Crippen LogP contribution is 2.23. The van der Waals surface area contributed by atoms with Crippen molar-refractivity contribution in [2.24, 2.45) is 5.92 Å². The second kappa shape index (κ2) is 7.53. The molecule has 21 heavy (non-hydrogen) atoms. The first kappa shape index (κ1) is 15.9. The van der Waals surface area contributed by atoms with Crippen molar-refractivity contribution in [3.05, 3.63) is 35.4 Å². The molecule has 0 aliphatic heterocycles. The lowest BCUT2D eigenvalue weighted by Gasteiger charge is -2.19. The van der Waals surface area contributed by atoms with Gasteiger partial charge in [0, 0.05) is 17.5 Å². The number of halogens is 2. The number of hydrogen-bond donors (Lipinski definition) is 1. The Balaban J connectivity index is 1.91. The fraction of sp³-hybridized carbons (Fsp3) is 0.588. The molecular formula is C17H23F2NO. The number of amides is 1. The van der Waals surface area contributed by atoms with Crippen molar-refractivity contribution in [2.75, 3.05) is 0 Å². The van der Waals surface area contributed by atoms with E-state index >= 15 is 0 Å². The molecule has 1 aliphatic rings. The lowest BCUT2D eigenvalue weighted by atomic mass is 9.98. The highest BCUT2D eigenvalue weighted by Gasteiger charge is 2.22. The van der Waals surface area contributed by atoms with Gasteiger partial charge in [-0.1, -0.05) is 31.7 Å². The number of hydrogen-bond acceptors (Lipinski definition) is 1. The van der Waals surface area contributed by atoms with Crippen LogP contribution in [0.15, 0.2) is 18.2 Å². The van der Waals surface area contributed by atoms with Gasteiger partial charge in [-0.2, -0.15) is 0 Å². The minimum absolute atomic E-state index is 0.0288. The fourth-order valence-electron chi connectivity index (χ4n) is 2.99. The van der Waals surface area contributed by atoms with Crippen LogP contribution in [0, 0.1) is 17.6 Å². The van der Waals surface area contributed by atoms with Gasteiger partial charge in [0.1, 0.15) is 11.6 Å². The maximum atomic E-state index is 13.6. The zero-order valence-electron chi connectivity index (χ0n) is 12.5. The van der Waals surface area contributed by atoms with Crippen molar-refractivity contribution in [3.63, 3.8) is 0 Å². The van der Waals surface area contributed by atoms with Gasteiger partial charge in [-0.3, -0.25) is 4.79 Å². The molecule has 0 aromatic heterocycles. The van der Waals surface area contributed by atoms with Gasteiger partial charge in [-0.05, 0) is 38.3 Å². The van der Waals surface area contributed by atoms with Crippen LogP contribution >= 0.6 is 0 Å². The Morgan fingerprint density at radius 1 is 1.19 bits per heavy atom. The predicted octanol–water partition coefficient (Wildman–Crippen LogP) is 3.98. The smallest absolute Gasteiger partial charge is 0.223 e. The summed E-state index contributed by atoms with van der Waals surface area (Å²) in [6.45, 7) is 1.79. The molecular weight excluding hydrogens is 272 g/mol. The SMILES string of the molecule is CC(Cc1c(F)cccc1F)NC(=O)C1CCCCCC1. The van der Waals surface area contributed by atoms with Crippen molar-refractivity contribution in [1.29, 1.82) is 0 Å². The van der Waals surface area contributed by atoms with Crippen LogP contribution in [0.5, 0.6) is 0 Å². The van der Waals surface area contributed by atoms with E-state index in [1.807, 2.05) is 0 Å². The van der Waals surface area contributed by atoms with E-state index < -0.39 is 11.6 Å². The van der Waals surface area contributed by atoms with E-state index in [0.29, 0.717) is 0 Å². The van der Waals surface area contributed by atoms with Crippen LogP contribution < -0.4 is 5.32 Å². The van der Waals surface area contributed by atoms with E-state index in [1.54, 1.807) is 6.92 Å². The normalized spacial score (nSPS) is 18.0. The number of nitrogens with one attached hydrogen (secondary N) is 1. The molecule has 1 amide bonds. The summed E-state index contributed by atoms with van der Waals surface area (Å²) in [4.78, 5) is 12.2. The third-order valence-corrected chi connectivity index (χ3v) is 4.19. The molecule has 0 heterocycles. The summed E-state index contributed by atoms with van der Waals surface area (Å²) in [5, 5.41) is 2.91. The van der Waals surface area contributed by atoms with Gasteiger partial charge in [0.2, 0.25) is 5.91 Å². The number of rotatable bonds is 4. The third-order valence-electron chi connectivity index (χ3n) is 4.19. The molecule has 0 bridgehead atoms. The maximum Gasteiger partial charge on any atom is 0.223 e. The average molecular weight is 295 g/mol. The van der Waals surface area contributed by atoms with E-state index in [2.05, 4.69) is 5.32 Å². The minimum atomic E-state index is -0.550. The lowest BCUT2D eigenvalue weighted by molar-refractivity contribution is -0.126. The van der Waals surface area contributed by atoms with Crippen molar-refractivity contribution >= 4 is 5.91 Å². The van der Waals surface area contributed by atoms with Crippen molar-refractivity contribution in [1.82, 2.24) is 5.32 Å². The van der Waals surface area contributed by atoms with E-state index in [1.165, 1.54) is 31.0 Å². The second-order valence-electron chi connectivity index (χ2n) is 6.00. The average Bonchev–Trinajstić information content (AvgIpc) is 2.72. The Morgan fingerprint density at radius 2 is 1.76 bits per heavy atom. The maximum absolute atomic E-state index is 13.6. The van der Waals surface area contributed by atoms with Gasteiger partial charge in [0.25, 0.3) is 0 Å². The molecule has 0 saturated heterocycles.